The summed E-state index contributed by atoms with van der Waals surface area (Å²) in [5.41, 5.74) is -0.199. The van der Waals surface area contributed by atoms with Crippen LogP contribution in [0.1, 0.15) is 63.2 Å². The Labute approximate surface area is 164 Å². The van der Waals surface area contributed by atoms with Gasteiger partial charge in [-0.25, -0.2) is 4.79 Å². The van der Waals surface area contributed by atoms with E-state index in [1.165, 1.54) is 12.1 Å². The Morgan fingerprint density at radius 2 is 1.79 bits per heavy atom. The Bertz CT molecular complexity index is 717. The molecule has 0 spiro atoms. The molecule has 1 aromatic carbocycles. The molecule has 2 atom stereocenters. The predicted octanol–water partition coefficient (Wildman–Crippen LogP) is 5.04. The van der Waals surface area contributed by atoms with Crippen LogP contribution in [0.25, 0.3) is 0 Å². The fourth-order valence-corrected chi connectivity index (χ4v) is 4.27. The van der Waals surface area contributed by atoms with E-state index in [4.69, 9.17) is 4.74 Å². The molecule has 3 rings (SSSR count). The van der Waals surface area contributed by atoms with Gasteiger partial charge in [-0.1, -0.05) is 12.1 Å². The average molecular weight is 395 g/mol. The quantitative estimate of drug-likeness (QED) is 0.671. The molecule has 2 fully saturated rings. The first-order valence-corrected chi connectivity index (χ1v) is 9.74. The van der Waals surface area contributed by atoms with Gasteiger partial charge in [0.05, 0.1) is 0 Å². The van der Waals surface area contributed by atoms with Crippen molar-refractivity contribution in [2.75, 3.05) is 0 Å². The maximum absolute atomic E-state index is 13.0. The van der Waals surface area contributed by atoms with Crippen LogP contribution in [-0.4, -0.2) is 41.1 Å². The fourth-order valence-electron chi connectivity index (χ4n) is 4.27. The van der Waals surface area contributed by atoms with Crippen molar-refractivity contribution in [1.82, 2.24) is 4.90 Å². The van der Waals surface area contributed by atoms with Crippen molar-refractivity contribution in [3.8, 4) is 5.75 Å². The number of hydrogen-bond donors (Lipinski definition) is 0. The normalized spacial score (nSPS) is 24.8. The highest BCUT2D eigenvalue weighted by Gasteiger charge is 2.44. The largest absolute Gasteiger partial charge is 0.444 e. The highest BCUT2D eigenvalue weighted by atomic mass is 19.3. The Kier molecular flexibility index (Phi) is 5.91. The number of hydrogen-bond acceptors (Lipinski definition) is 4. The van der Waals surface area contributed by atoms with E-state index in [2.05, 4.69) is 4.74 Å². The third-order valence-electron chi connectivity index (χ3n) is 5.29. The van der Waals surface area contributed by atoms with Gasteiger partial charge in [0.1, 0.15) is 11.4 Å². The number of ketones is 1. The van der Waals surface area contributed by atoms with Crippen LogP contribution in [0.3, 0.4) is 0 Å². The van der Waals surface area contributed by atoms with Gasteiger partial charge in [0.25, 0.3) is 0 Å². The van der Waals surface area contributed by atoms with Gasteiger partial charge in [0.2, 0.25) is 0 Å². The third-order valence-corrected chi connectivity index (χ3v) is 5.29. The smallest absolute Gasteiger partial charge is 0.410 e. The minimum absolute atomic E-state index is 0.0211. The molecule has 1 aromatic rings. The Hall–Kier alpha value is -2.18. The van der Waals surface area contributed by atoms with Crippen molar-refractivity contribution in [2.24, 2.45) is 5.92 Å². The zero-order chi connectivity index (χ0) is 20.5. The summed E-state index contributed by atoms with van der Waals surface area (Å²) in [6, 6.07) is 5.87. The van der Waals surface area contributed by atoms with Crippen LogP contribution in [-0.2, 0) is 4.74 Å². The van der Waals surface area contributed by atoms with E-state index >= 15 is 0 Å². The number of benzene rings is 1. The van der Waals surface area contributed by atoms with Crippen LogP contribution in [0.2, 0.25) is 0 Å². The number of fused-ring (bicyclic) bond motifs is 2. The molecular formula is C21H27F2NO4. The molecule has 2 aliphatic rings. The van der Waals surface area contributed by atoms with E-state index < -0.39 is 12.2 Å². The summed E-state index contributed by atoms with van der Waals surface area (Å²) in [5, 5.41) is 0. The number of piperidine rings is 2. The van der Waals surface area contributed by atoms with E-state index in [-0.39, 0.29) is 35.6 Å². The highest BCUT2D eigenvalue weighted by Crippen LogP contribution is 2.39. The summed E-state index contributed by atoms with van der Waals surface area (Å²) in [4.78, 5) is 27.5. The minimum atomic E-state index is -2.93. The van der Waals surface area contributed by atoms with Gasteiger partial charge in [-0.2, -0.15) is 8.78 Å². The van der Waals surface area contributed by atoms with Crippen LogP contribution >= 0.6 is 0 Å². The lowest BCUT2D eigenvalue weighted by Crippen LogP contribution is -2.56. The fraction of sp³-hybridized carbons (Fsp3) is 0.619. The van der Waals surface area contributed by atoms with Crippen LogP contribution in [0.15, 0.2) is 24.3 Å². The SMILES string of the molecule is CC(C)(C)OC(=O)N1C2CCCC1CC(C(=O)c1cccc(OC(F)F)c1)C2. The number of nitrogens with zero attached hydrogens (tertiary/aromatic N) is 1. The summed E-state index contributed by atoms with van der Waals surface area (Å²) in [6.45, 7) is 2.59. The molecule has 5 nitrogen and oxygen atoms in total. The monoisotopic (exact) mass is 395 g/mol. The topological polar surface area (TPSA) is 55.8 Å². The molecule has 28 heavy (non-hydrogen) atoms. The summed E-state index contributed by atoms with van der Waals surface area (Å²) in [7, 11) is 0. The number of alkyl halides is 2. The van der Waals surface area contributed by atoms with Gasteiger partial charge in [0, 0.05) is 23.6 Å². The maximum atomic E-state index is 13.0. The number of ether oxygens (including phenoxy) is 2. The van der Waals surface area contributed by atoms with Gasteiger partial charge < -0.3 is 14.4 Å². The van der Waals surface area contributed by atoms with Crippen LogP contribution in [0.5, 0.6) is 5.75 Å². The summed E-state index contributed by atoms with van der Waals surface area (Å²) in [5.74, 6) is -0.344. The molecule has 0 N–H and O–H groups in total. The number of carbonyl (C=O) groups excluding carboxylic acids is 2. The van der Waals surface area contributed by atoms with Crippen LogP contribution in [0.4, 0.5) is 13.6 Å². The number of carbonyl (C=O) groups is 2. The molecule has 0 aliphatic carbocycles. The van der Waals surface area contributed by atoms with Crippen LogP contribution < -0.4 is 4.74 Å². The van der Waals surface area contributed by atoms with Gasteiger partial charge >= 0.3 is 12.7 Å². The Morgan fingerprint density at radius 1 is 1.14 bits per heavy atom. The van der Waals surface area contributed by atoms with Crippen molar-refractivity contribution in [1.29, 1.82) is 0 Å². The maximum Gasteiger partial charge on any atom is 0.410 e. The Balaban J connectivity index is 1.73. The number of halogens is 2. The van der Waals surface area contributed by atoms with Gasteiger partial charge in [-0.05, 0) is 65.0 Å². The first kappa shape index (κ1) is 20.6. The highest BCUT2D eigenvalue weighted by molar-refractivity contribution is 5.98. The first-order chi connectivity index (χ1) is 13.1. The Morgan fingerprint density at radius 3 is 2.36 bits per heavy atom. The van der Waals surface area contributed by atoms with E-state index in [0.717, 1.165) is 19.3 Å². The number of amides is 1. The molecule has 0 radical (unpaired) electrons. The van der Waals surface area contributed by atoms with Crippen molar-refractivity contribution in [2.45, 2.75) is 77.2 Å². The summed E-state index contributed by atoms with van der Waals surface area (Å²) in [6.07, 6.45) is 3.51. The minimum Gasteiger partial charge on any atom is -0.444 e. The molecule has 2 aliphatic heterocycles. The number of Topliss-reactive ketones (excluding diaryl/α,β-unsaturated/α-hetero) is 1. The molecule has 2 unspecified atom stereocenters. The molecule has 2 saturated heterocycles. The van der Waals surface area contributed by atoms with Crippen molar-refractivity contribution in [3.05, 3.63) is 29.8 Å². The van der Waals surface area contributed by atoms with E-state index in [1.807, 2.05) is 25.7 Å². The lowest BCUT2D eigenvalue weighted by Gasteiger charge is -2.48. The predicted molar refractivity (Wildman–Crippen MR) is 99.6 cm³/mol. The van der Waals surface area contributed by atoms with E-state index in [9.17, 15) is 18.4 Å². The molecule has 0 saturated carbocycles. The zero-order valence-electron chi connectivity index (χ0n) is 16.5. The summed E-state index contributed by atoms with van der Waals surface area (Å²) >= 11 is 0. The second kappa shape index (κ2) is 8.05. The lowest BCUT2D eigenvalue weighted by molar-refractivity contribution is -0.0498. The molecule has 0 aromatic heterocycles. The van der Waals surface area contributed by atoms with Gasteiger partial charge in [-0.3, -0.25) is 4.79 Å². The standard InChI is InChI=1S/C21H27F2NO4/c1-21(2,3)28-20(26)24-15-7-5-8-16(24)11-14(10-15)18(25)13-6-4-9-17(12-13)27-19(22)23/h4,6,9,12,14-16,19H,5,7-8,10-11H2,1-3H3. The first-order valence-electron chi connectivity index (χ1n) is 9.74. The molecule has 1 amide bonds. The molecule has 7 heteroatoms. The molecule has 2 heterocycles. The zero-order valence-corrected chi connectivity index (χ0v) is 16.5. The van der Waals surface area contributed by atoms with Gasteiger partial charge in [-0.15, -0.1) is 0 Å². The van der Waals surface area contributed by atoms with Crippen molar-refractivity contribution in [3.63, 3.8) is 0 Å². The van der Waals surface area contributed by atoms with E-state index in [1.54, 1.807) is 12.1 Å². The van der Waals surface area contributed by atoms with Gasteiger partial charge in [0.15, 0.2) is 5.78 Å². The molecular weight excluding hydrogens is 368 g/mol. The van der Waals surface area contributed by atoms with Crippen molar-refractivity contribution < 1.29 is 27.8 Å². The van der Waals surface area contributed by atoms with Crippen LogP contribution in [0, 0.1) is 5.92 Å². The van der Waals surface area contributed by atoms with E-state index in [0.29, 0.717) is 18.4 Å². The number of rotatable bonds is 4. The van der Waals surface area contributed by atoms with Crippen molar-refractivity contribution >= 4 is 11.9 Å². The third kappa shape index (κ3) is 4.80. The molecule has 2 bridgehead atoms. The second-order valence-corrected chi connectivity index (χ2v) is 8.57. The second-order valence-electron chi connectivity index (χ2n) is 8.57. The summed E-state index contributed by atoms with van der Waals surface area (Å²) < 4.78 is 34.9. The molecule has 154 valence electrons. The lowest BCUT2D eigenvalue weighted by atomic mass is 9.76. The average Bonchev–Trinajstić information content (AvgIpc) is 2.58.